The number of nitrogens with zero attached hydrogens (tertiary/aromatic N) is 6. The van der Waals surface area contributed by atoms with Gasteiger partial charge in [0.25, 0.3) is 11.8 Å². The topological polar surface area (TPSA) is 100 Å². The maximum Gasteiger partial charge on any atom is 0.416 e. The second-order valence-electron chi connectivity index (χ2n) is 10.8. The number of fused-ring (bicyclic) bond motifs is 1. The molecule has 4 heterocycles. The molecule has 6 rings (SSSR count). The van der Waals surface area contributed by atoms with Gasteiger partial charge in [-0.2, -0.15) is 29.5 Å². The van der Waals surface area contributed by atoms with E-state index in [0.29, 0.717) is 54.5 Å². The molecule has 14 heteroatoms. The Morgan fingerprint density at radius 3 is 2.58 bits per heavy atom. The van der Waals surface area contributed by atoms with Gasteiger partial charge in [-0.25, -0.2) is 15.0 Å². The molecule has 1 aliphatic rings. The van der Waals surface area contributed by atoms with Crippen molar-refractivity contribution < 1.29 is 22.7 Å². The van der Waals surface area contributed by atoms with Crippen molar-refractivity contribution in [3.63, 3.8) is 0 Å². The van der Waals surface area contributed by atoms with Crippen LogP contribution in [0.25, 0.3) is 22.6 Å². The number of ether oxygens (including phenoxy) is 1. The first-order valence-corrected chi connectivity index (χ1v) is 15.2. The van der Waals surface area contributed by atoms with Crippen molar-refractivity contribution in [1.82, 2.24) is 34.9 Å². The van der Waals surface area contributed by atoms with Crippen molar-refractivity contribution in [2.45, 2.75) is 19.6 Å². The summed E-state index contributed by atoms with van der Waals surface area (Å²) in [6.07, 6.45) is -2.97. The Morgan fingerprint density at radius 2 is 1.87 bits per heavy atom. The summed E-state index contributed by atoms with van der Waals surface area (Å²) >= 11 is 1.52. The smallest absolute Gasteiger partial charge is 0.416 e. The van der Waals surface area contributed by atoms with Crippen LogP contribution in [0.2, 0.25) is 0 Å². The molecule has 234 valence electrons. The zero-order valence-corrected chi connectivity index (χ0v) is 25.7. The Bertz CT molecular complexity index is 1830. The number of rotatable bonds is 8. The fourth-order valence-electron chi connectivity index (χ4n) is 5.22. The molecule has 0 saturated carbocycles. The number of aromatic nitrogens is 4. The van der Waals surface area contributed by atoms with Crippen LogP contribution in [0, 0.1) is 6.92 Å². The highest BCUT2D eigenvalue weighted by molar-refractivity contribution is 7.08. The van der Waals surface area contributed by atoms with Crippen LogP contribution in [0.15, 0.2) is 59.6 Å². The summed E-state index contributed by atoms with van der Waals surface area (Å²) in [4.78, 5) is 29.0. The lowest BCUT2D eigenvalue weighted by Gasteiger charge is -2.34. The van der Waals surface area contributed by atoms with Gasteiger partial charge in [-0.3, -0.25) is 15.1 Å². The fraction of sp³-hybridized carbons (Fsp3) is 0.290. The third-order valence-electron chi connectivity index (χ3n) is 7.73. The normalized spacial score (nSPS) is 14.6. The van der Waals surface area contributed by atoms with Crippen molar-refractivity contribution in [3.05, 3.63) is 81.8 Å². The summed E-state index contributed by atoms with van der Waals surface area (Å²) in [7, 11) is 3.65. The number of benzene rings is 2. The van der Waals surface area contributed by atoms with Crippen LogP contribution < -0.4 is 15.5 Å². The molecule has 1 amide bonds. The summed E-state index contributed by atoms with van der Waals surface area (Å²) in [5.41, 5.74) is 5.24. The summed E-state index contributed by atoms with van der Waals surface area (Å²) in [5, 5.41) is 8.52. The third-order valence-corrected chi connectivity index (χ3v) is 8.41. The maximum atomic E-state index is 14.1. The molecule has 2 N–H and O–H groups in total. The lowest BCUT2D eigenvalue weighted by molar-refractivity contribution is -0.138. The van der Waals surface area contributed by atoms with E-state index in [1.54, 1.807) is 30.0 Å². The molecule has 1 fully saturated rings. The quantitative estimate of drug-likeness (QED) is 0.223. The van der Waals surface area contributed by atoms with Gasteiger partial charge >= 0.3 is 6.18 Å². The zero-order chi connectivity index (χ0) is 31.7. The number of imidazole rings is 1. The van der Waals surface area contributed by atoms with E-state index >= 15 is 0 Å². The van der Waals surface area contributed by atoms with E-state index in [1.165, 1.54) is 29.5 Å². The molecular weight excluding hydrogens is 605 g/mol. The largest absolute Gasteiger partial charge is 0.437 e. The average Bonchev–Trinajstić information content (AvgIpc) is 3.69. The van der Waals surface area contributed by atoms with Crippen LogP contribution in [0.5, 0.6) is 11.6 Å². The molecule has 0 bridgehead atoms. The summed E-state index contributed by atoms with van der Waals surface area (Å²) in [6, 6.07) is 10.8. The van der Waals surface area contributed by atoms with Crippen LogP contribution >= 0.6 is 11.3 Å². The monoisotopic (exact) mass is 636 g/mol. The number of amides is 1. The number of hydrogen-bond donors (Lipinski definition) is 2. The number of hydrazine groups is 1. The highest BCUT2D eigenvalue weighted by Gasteiger charge is 2.34. The van der Waals surface area contributed by atoms with E-state index < -0.39 is 17.6 Å². The number of nitrogens with one attached hydrogen (secondary N) is 2. The summed E-state index contributed by atoms with van der Waals surface area (Å²) in [5.74, 6) is 0.440. The van der Waals surface area contributed by atoms with E-state index in [2.05, 4.69) is 25.7 Å². The summed E-state index contributed by atoms with van der Waals surface area (Å²) < 4.78 is 50.3. The third kappa shape index (κ3) is 6.68. The first kappa shape index (κ1) is 30.6. The highest BCUT2D eigenvalue weighted by atomic mass is 32.1. The average molecular weight is 637 g/mol. The summed E-state index contributed by atoms with van der Waals surface area (Å²) in [6.45, 7) is 4.63. The lowest BCUT2D eigenvalue weighted by Crippen LogP contribution is -2.50. The number of halogens is 3. The molecule has 10 nitrogen and oxygen atoms in total. The molecular formula is C31H31F3N8O2S. The predicted octanol–water partition coefficient (Wildman–Crippen LogP) is 5.72. The van der Waals surface area contributed by atoms with Crippen LogP contribution in [-0.4, -0.2) is 68.6 Å². The Kier molecular flexibility index (Phi) is 8.55. The number of alkyl halides is 3. The van der Waals surface area contributed by atoms with Gasteiger partial charge < -0.3 is 14.6 Å². The number of hydrogen-bond acceptors (Lipinski definition) is 9. The molecule has 1 aliphatic heterocycles. The van der Waals surface area contributed by atoms with Crippen LogP contribution in [0.4, 0.5) is 18.9 Å². The Hall–Kier alpha value is -4.37. The molecule has 0 spiro atoms. The molecule has 0 unspecified atom stereocenters. The first-order chi connectivity index (χ1) is 21.6. The fourth-order valence-corrected chi connectivity index (χ4v) is 5.85. The van der Waals surface area contributed by atoms with Gasteiger partial charge in [-0.05, 0) is 60.8 Å². The van der Waals surface area contributed by atoms with E-state index in [4.69, 9.17) is 4.74 Å². The molecule has 45 heavy (non-hydrogen) atoms. The SMILES string of the molecule is CNN1CCN(Cc2ccc(NC(=O)c3cc(Oc4nc(-c5ccsc5)nc5c4ncn5C)ccc3C)cc2C(F)(F)F)CC1. The van der Waals surface area contributed by atoms with Crippen molar-refractivity contribution in [2.75, 3.05) is 38.5 Å². The number of carbonyl (C=O) groups excluding carboxylic acids is 1. The number of carbonyl (C=O) groups is 1. The standard InChI is InChI=1S/C31H31F3N8O2S/c1-19-4-7-23(44-30-26-28(40(3)18-36-26)38-27(39-30)21-8-13-45-17-21)15-24(19)29(43)37-22-6-5-20(25(14-22)31(32,33)34)16-41-9-11-42(35-2)12-10-41/h4-8,13-15,17-18,35H,9-12,16H2,1-3H3,(H,37,43). The number of piperazine rings is 1. The van der Waals surface area contributed by atoms with Gasteiger partial charge in [0.1, 0.15) is 5.75 Å². The minimum atomic E-state index is -4.58. The van der Waals surface area contributed by atoms with Gasteiger partial charge in [0.05, 0.1) is 11.9 Å². The molecule has 3 aromatic heterocycles. The lowest BCUT2D eigenvalue weighted by atomic mass is 10.0. The number of aryl methyl sites for hydroxylation is 2. The van der Waals surface area contributed by atoms with E-state index in [-0.39, 0.29) is 29.2 Å². The second kappa shape index (κ2) is 12.6. The molecule has 0 atom stereocenters. The molecule has 0 aliphatic carbocycles. The van der Waals surface area contributed by atoms with E-state index in [0.717, 1.165) is 11.6 Å². The molecule has 2 aromatic carbocycles. The van der Waals surface area contributed by atoms with Crippen molar-refractivity contribution in [2.24, 2.45) is 7.05 Å². The van der Waals surface area contributed by atoms with Gasteiger partial charge in [-0.1, -0.05) is 12.1 Å². The van der Waals surface area contributed by atoms with E-state index in [9.17, 15) is 18.0 Å². The predicted molar refractivity (Wildman–Crippen MR) is 166 cm³/mol. The van der Waals surface area contributed by atoms with Gasteiger partial charge in [0, 0.05) is 62.0 Å². The minimum Gasteiger partial charge on any atom is -0.437 e. The van der Waals surface area contributed by atoms with Crippen LogP contribution in [0.1, 0.15) is 27.0 Å². The van der Waals surface area contributed by atoms with Crippen molar-refractivity contribution >= 4 is 34.1 Å². The second-order valence-corrected chi connectivity index (χ2v) is 11.6. The highest BCUT2D eigenvalue weighted by Crippen LogP contribution is 2.35. The van der Waals surface area contributed by atoms with Gasteiger partial charge in [-0.15, -0.1) is 0 Å². The minimum absolute atomic E-state index is 0.0493. The molecule has 5 aromatic rings. The maximum absolute atomic E-state index is 14.1. The van der Waals surface area contributed by atoms with Crippen LogP contribution in [-0.2, 0) is 19.8 Å². The zero-order valence-electron chi connectivity index (χ0n) is 24.9. The van der Waals surface area contributed by atoms with Gasteiger partial charge in [0.15, 0.2) is 17.0 Å². The molecule has 0 radical (unpaired) electrons. The van der Waals surface area contributed by atoms with Crippen molar-refractivity contribution in [3.8, 4) is 23.0 Å². The Morgan fingerprint density at radius 1 is 1.07 bits per heavy atom. The van der Waals surface area contributed by atoms with Gasteiger partial charge in [0.2, 0.25) is 0 Å². The Balaban J connectivity index is 1.23. The Labute approximate surface area is 261 Å². The number of anilines is 1. The van der Waals surface area contributed by atoms with Crippen molar-refractivity contribution in [1.29, 1.82) is 0 Å². The first-order valence-electron chi connectivity index (χ1n) is 14.3. The van der Waals surface area contributed by atoms with E-state index in [1.807, 2.05) is 40.8 Å². The van der Waals surface area contributed by atoms with Crippen LogP contribution in [0.3, 0.4) is 0 Å². The molecule has 1 saturated heterocycles. The number of thiophene rings is 1.